The van der Waals surface area contributed by atoms with Gasteiger partial charge in [0.2, 0.25) is 5.91 Å². The molecule has 0 spiro atoms. The Bertz CT molecular complexity index is 811. The van der Waals surface area contributed by atoms with E-state index in [2.05, 4.69) is 34.9 Å². The Hall–Kier alpha value is -2.05. The molecule has 2 aromatic carbocycles. The van der Waals surface area contributed by atoms with Crippen LogP contribution in [0.3, 0.4) is 0 Å². The average molecular weight is 414 g/mol. The lowest BCUT2D eigenvalue weighted by atomic mass is 10.1. The van der Waals surface area contributed by atoms with Gasteiger partial charge in [0.15, 0.2) is 5.11 Å². The number of anilines is 2. The molecule has 1 amide bonds. The van der Waals surface area contributed by atoms with Gasteiger partial charge in [-0.25, -0.2) is 0 Å². The van der Waals surface area contributed by atoms with Crippen molar-refractivity contribution in [3.63, 3.8) is 0 Å². The quantitative estimate of drug-likeness (QED) is 0.484. The summed E-state index contributed by atoms with van der Waals surface area (Å²) in [6.45, 7) is 3.70. The summed E-state index contributed by atoms with van der Waals surface area (Å²) in [5.74, 6) is 2.36. The van der Waals surface area contributed by atoms with Crippen LogP contribution in [0.25, 0.3) is 0 Å². The van der Waals surface area contributed by atoms with E-state index in [1.807, 2.05) is 47.9 Å². The molecule has 1 saturated heterocycles. The predicted octanol–water partition coefficient (Wildman–Crippen LogP) is 4.73. The molecule has 0 saturated carbocycles. The Kier molecular flexibility index (Phi) is 7.74. The second-order valence-corrected chi connectivity index (χ2v) is 8.44. The molecule has 148 valence electrons. The largest absolute Gasteiger partial charge is 0.362 e. The first-order valence-corrected chi connectivity index (χ1v) is 11.3. The molecule has 28 heavy (non-hydrogen) atoms. The Morgan fingerprint density at radius 1 is 1.21 bits per heavy atom. The first kappa shape index (κ1) is 20.7. The fourth-order valence-corrected chi connectivity index (χ4v) is 4.40. The van der Waals surface area contributed by atoms with Gasteiger partial charge in [-0.15, -0.1) is 0 Å². The Morgan fingerprint density at radius 3 is 2.75 bits per heavy atom. The number of nitrogens with one attached hydrogen (secondary N) is 2. The van der Waals surface area contributed by atoms with Gasteiger partial charge in [0.1, 0.15) is 0 Å². The van der Waals surface area contributed by atoms with E-state index in [0.29, 0.717) is 11.5 Å². The molecule has 6 heteroatoms. The normalized spacial score (nSPS) is 13.6. The fourth-order valence-electron chi connectivity index (χ4n) is 3.25. The van der Waals surface area contributed by atoms with E-state index < -0.39 is 0 Å². The topological polar surface area (TPSA) is 44.4 Å². The smallest absolute Gasteiger partial charge is 0.227 e. The Balaban J connectivity index is 1.36. The standard InChI is InChI=1S/C22H27N3OS2/c1-17-15-19(10-11-20(17)25-13-5-9-21(25)26)24-22(27)23-12-6-14-28-16-18-7-3-2-4-8-18/h2-4,7-8,10-11,15H,5-6,9,12-14,16H2,1H3,(H2,23,24,27). The number of nitrogens with zero attached hydrogens (tertiary/aromatic N) is 1. The monoisotopic (exact) mass is 413 g/mol. The molecule has 0 bridgehead atoms. The molecule has 2 aromatic rings. The van der Waals surface area contributed by atoms with Crippen molar-refractivity contribution in [1.82, 2.24) is 5.32 Å². The van der Waals surface area contributed by atoms with Crippen molar-refractivity contribution < 1.29 is 4.79 Å². The zero-order chi connectivity index (χ0) is 19.8. The number of amides is 1. The summed E-state index contributed by atoms with van der Waals surface area (Å²) in [6, 6.07) is 16.6. The predicted molar refractivity (Wildman–Crippen MR) is 124 cm³/mol. The third kappa shape index (κ3) is 5.97. The minimum atomic E-state index is 0.214. The van der Waals surface area contributed by atoms with Crippen LogP contribution in [0.5, 0.6) is 0 Å². The zero-order valence-electron chi connectivity index (χ0n) is 16.2. The van der Waals surface area contributed by atoms with Crippen molar-refractivity contribution in [1.29, 1.82) is 0 Å². The Morgan fingerprint density at radius 2 is 2.04 bits per heavy atom. The van der Waals surface area contributed by atoms with E-state index in [1.54, 1.807) is 0 Å². The van der Waals surface area contributed by atoms with Crippen molar-refractivity contribution in [2.75, 3.05) is 29.1 Å². The van der Waals surface area contributed by atoms with E-state index in [4.69, 9.17) is 12.2 Å². The van der Waals surface area contributed by atoms with Crippen LogP contribution in [0, 0.1) is 6.92 Å². The maximum absolute atomic E-state index is 11.9. The minimum absolute atomic E-state index is 0.214. The van der Waals surface area contributed by atoms with Crippen LogP contribution in [0.1, 0.15) is 30.4 Å². The maximum atomic E-state index is 11.9. The van der Waals surface area contributed by atoms with E-state index in [9.17, 15) is 4.79 Å². The van der Waals surface area contributed by atoms with Gasteiger partial charge in [-0.1, -0.05) is 30.3 Å². The zero-order valence-corrected chi connectivity index (χ0v) is 17.9. The van der Waals surface area contributed by atoms with Crippen LogP contribution in [-0.4, -0.2) is 29.9 Å². The molecular weight excluding hydrogens is 386 g/mol. The van der Waals surface area contributed by atoms with Gasteiger partial charge in [0.05, 0.1) is 0 Å². The van der Waals surface area contributed by atoms with Crippen molar-refractivity contribution in [3.8, 4) is 0 Å². The second kappa shape index (κ2) is 10.5. The lowest BCUT2D eigenvalue weighted by Crippen LogP contribution is -2.29. The highest BCUT2D eigenvalue weighted by Crippen LogP contribution is 2.27. The number of carbonyl (C=O) groups is 1. The van der Waals surface area contributed by atoms with Gasteiger partial charge >= 0.3 is 0 Å². The molecule has 1 aliphatic heterocycles. The van der Waals surface area contributed by atoms with Crippen LogP contribution in [0.4, 0.5) is 11.4 Å². The number of hydrogen-bond acceptors (Lipinski definition) is 3. The fraction of sp³-hybridized carbons (Fsp3) is 0.364. The van der Waals surface area contributed by atoms with Crippen molar-refractivity contribution >= 4 is 46.4 Å². The maximum Gasteiger partial charge on any atom is 0.227 e. The highest BCUT2D eigenvalue weighted by Gasteiger charge is 2.22. The third-order valence-corrected chi connectivity index (χ3v) is 6.04. The van der Waals surface area contributed by atoms with Crippen molar-refractivity contribution in [3.05, 3.63) is 59.7 Å². The molecule has 0 unspecified atom stereocenters. The van der Waals surface area contributed by atoms with Gasteiger partial charge in [-0.05, 0) is 67.1 Å². The third-order valence-electron chi connectivity index (χ3n) is 4.68. The summed E-state index contributed by atoms with van der Waals surface area (Å²) in [5, 5.41) is 7.14. The highest BCUT2D eigenvalue weighted by molar-refractivity contribution is 7.98. The molecular formula is C22H27N3OS2. The van der Waals surface area contributed by atoms with E-state index in [1.165, 1.54) is 5.56 Å². The molecule has 1 fully saturated rings. The first-order chi connectivity index (χ1) is 13.6. The number of thiocarbonyl (C=S) groups is 1. The van der Waals surface area contributed by atoms with E-state index in [0.717, 1.165) is 54.4 Å². The molecule has 4 nitrogen and oxygen atoms in total. The number of hydrogen-bond donors (Lipinski definition) is 2. The van der Waals surface area contributed by atoms with Crippen LogP contribution in [0.15, 0.2) is 48.5 Å². The molecule has 2 N–H and O–H groups in total. The SMILES string of the molecule is Cc1cc(NC(=S)NCCCSCc2ccccc2)ccc1N1CCCC1=O. The minimum Gasteiger partial charge on any atom is -0.362 e. The number of carbonyl (C=O) groups excluding carboxylic acids is 1. The van der Waals surface area contributed by atoms with Crippen LogP contribution in [-0.2, 0) is 10.5 Å². The lowest BCUT2D eigenvalue weighted by Gasteiger charge is -2.19. The number of aryl methyl sites for hydroxylation is 1. The lowest BCUT2D eigenvalue weighted by molar-refractivity contribution is -0.117. The summed E-state index contributed by atoms with van der Waals surface area (Å²) in [6.07, 6.45) is 2.65. The highest BCUT2D eigenvalue weighted by atomic mass is 32.2. The summed E-state index contributed by atoms with van der Waals surface area (Å²) < 4.78 is 0. The molecule has 0 atom stereocenters. The van der Waals surface area contributed by atoms with Gasteiger partial charge in [-0.3, -0.25) is 4.79 Å². The van der Waals surface area contributed by atoms with Crippen LogP contribution >= 0.6 is 24.0 Å². The van der Waals surface area contributed by atoms with Crippen LogP contribution in [0.2, 0.25) is 0 Å². The van der Waals surface area contributed by atoms with Gasteiger partial charge in [0.25, 0.3) is 0 Å². The molecule has 0 aromatic heterocycles. The van der Waals surface area contributed by atoms with E-state index >= 15 is 0 Å². The van der Waals surface area contributed by atoms with Gasteiger partial charge in [-0.2, -0.15) is 11.8 Å². The molecule has 1 heterocycles. The Labute approximate surface area is 177 Å². The molecule has 1 aliphatic rings. The average Bonchev–Trinajstić information content (AvgIpc) is 3.11. The molecule has 3 rings (SSSR count). The summed E-state index contributed by atoms with van der Waals surface area (Å²) in [4.78, 5) is 13.8. The summed E-state index contributed by atoms with van der Waals surface area (Å²) in [5.41, 5.74) is 4.40. The van der Waals surface area contributed by atoms with Gasteiger partial charge in [0, 0.05) is 36.6 Å². The van der Waals surface area contributed by atoms with Gasteiger partial charge < -0.3 is 15.5 Å². The van der Waals surface area contributed by atoms with Crippen molar-refractivity contribution in [2.45, 2.75) is 31.9 Å². The summed E-state index contributed by atoms with van der Waals surface area (Å²) in [7, 11) is 0. The first-order valence-electron chi connectivity index (χ1n) is 9.71. The summed E-state index contributed by atoms with van der Waals surface area (Å²) >= 11 is 7.34. The molecule has 0 radical (unpaired) electrons. The van der Waals surface area contributed by atoms with Crippen LogP contribution < -0.4 is 15.5 Å². The second-order valence-electron chi connectivity index (χ2n) is 6.92. The number of benzene rings is 2. The van der Waals surface area contributed by atoms with Crippen molar-refractivity contribution in [2.24, 2.45) is 0 Å². The number of thioether (sulfide) groups is 1. The number of rotatable bonds is 8. The molecule has 0 aliphatic carbocycles. The van der Waals surface area contributed by atoms with E-state index in [-0.39, 0.29) is 5.91 Å².